The van der Waals surface area contributed by atoms with Crippen LogP contribution in [0, 0.1) is 0 Å². The van der Waals surface area contributed by atoms with Crippen LogP contribution >= 0.6 is 34.5 Å². The van der Waals surface area contributed by atoms with Crippen LogP contribution in [0.1, 0.15) is 35.2 Å². The molecule has 5 rings (SSSR count). The maximum Gasteiger partial charge on any atom is 0.248 e. The first-order valence-electron chi connectivity index (χ1n) is 8.42. The monoisotopic (exact) mass is 417 g/mol. The van der Waals surface area contributed by atoms with Gasteiger partial charge in [0.1, 0.15) is 6.04 Å². The first kappa shape index (κ1) is 16.9. The highest BCUT2D eigenvalue weighted by atomic mass is 35.5. The van der Waals surface area contributed by atoms with Crippen LogP contribution in [0.2, 0.25) is 10.0 Å². The van der Waals surface area contributed by atoms with Gasteiger partial charge in [0.15, 0.2) is 5.78 Å². The largest absolute Gasteiger partial charge is 0.326 e. The number of fused-ring (bicyclic) bond motifs is 1. The fourth-order valence-electron chi connectivity index (χ4n) is 3.84. The number of carbonyl (C=O) groups is 1. The van der Waals surface area contributed by atoms with Gasteiger partial charge >= 0.3 is 0 Å². The van der Waals surface area contributed by atoms with Crippen LogP contribution < -0.4 is 5.32 Å². The van der Waals surface area contributed by atoms with Crippen LogP contribution in [0.5, 0.6) is 0 Å². The molecule has 1 aliphatic carbocycles. The second-order valence-corrected chi connectivity index (χ2v) is 8.34. The molecule has 1 N–H and O–H groups in total. The zero-order chi connectivity index (χ0) is 18.5. The summed E-state index contributed by atoms with van der Waals surface area (Å²) in [6.45, 7) is 0. The molecule has 2 aromatic heterocycles. The number of hydrogen-bond donors (Lipinski definition) is 1. The summed E-state index contributed by atoms with van der Waals surface area (Å²) in [5, 5.41) is 18.2. The van der Waals surface area contributed by atoms with Crippen LogP contribution in [0.3, 0.4) is 0 Å². The molecule has 136 valence electrons. The third-order valence-corrected chi connectivity index (χ3v) is 6.69. The highest BCUT2D eigenvalue weighted by molar-refractivity contribution is 7.10. The van der Waals surface area contributed by atoms with Crippen LogP contribution in [0.25, 0.3) is 0 Å². The minimum Gasteiger partial charge on any atom is -0.326 e. The van der Waals surface area contributed by atoms with Gasteiger partial charge in [0.25, 0.3) is 0 Å². The van der Waals surface area contributed by atoms with Gasteiger partial charge in [0, 0.05) is 44.1 Å². The first-order valence-corrected chi connectivity index (χ1v) is 10.1. The Bertz CT molecular complexity index is 1060. The van der Waals surface area contributed by atoms with Crippen LogP contribution in [-0.4, -0.2) is 26.0 Å². The van der Waals surface area contributed by atoms with Crippen molar-refractivity contribution in [1.82, 2.24) is 20.2 Å². The molecule has 2 atom stereocenters. The summed E-state index contributed by atoms with van der Waals surface area (Å²) in [4.78, 5) is 14.4. The summed E-state index contributed by atoms with van der Waals surface area (Å²) < 4.78 is 1.58. The molecule has 3 aromatic rings. The molecule has 0 amide bonds. The molecule has 0 bridgehead atoms. The molecule has 3 heterocycles. The van der Waals surface area contributed by atoms with E-state index in [9.17, 15) is 4.79 Å². The Balaban J connectivity index is 1.67. The van der Waals surface area contributed by atoms with Gasteiger partial charge in [-0.25, -0.2) is 0 Å². The maximum absolute atomic E-state index is 13.2. The van der Waals surface area contributed by atoms with E-state index in [1.807, 2.05) is 11.4 Å². The normalized spacial score (nSPS) is 21.6. The van der Waals surface area contributed by atoms with Crippen LogP contribution in [0.15, 0.2) is 47.0 Å². The summed E-state index contributed by atoms with van der Waals surface area (Å²) in [6, 6.07) is 8.84. The smallest absolute Gasteiger partial charge is 0.248 e. The van der Waals surface area contributed by atoms with E-state index in [2.05, 4.69) is 26.9 Å². The Labute approximate surface area is 168 Å². The molecule has 9 heteroatoms. The van der Waals surface area contributed by atoms with Gasteiger partial charge < -0.3 is 5.32 Å². The topological polar surface area (TPSA) is 72.7 Å². The number of tetrazole rings is 1. The van der Waals surface area contributed by atoms with E-state index in [0.717, 1.165) is 5.70 Å². The van der Waals surface area contributed by atoms with Crippen molar-refractivity contribution in [2.24, 2.45) is 0 Å². The zero-order valence-corrected chi connectivity index (χ0v) is 16.2. The average molecular weight is 418 g/mol. The minimum atomic E-state index is -0.538. The van der Waals surface area contributed by atoms with Crippen molar-refractivity contribution < 1.29 is 4.79 Å². The third-order valence-electron chi connectivity index (χ3n) is 5.00. The lowest BCUT2D eigenvalue weighted by Gasteiger charge is -2.34. The molecule has 0 radical (unpaired) electrons. The van der Waals surface area contributed by atoms with Crippen molar-refractivity contribution in [2.45, 2.75) is 24.8 Å². The molecule has 27 heavy (non-hydrogen) atoms. The molecule has 2 aliphatic rings. The lowest BCUT2D eigenvalue weighted by molar-refractivity contribution is -0.116. The van der Waals surface area contributed by atoms with Gasteiger partial charge in [-0.2, -0.15) is 4.68 Å². The summed E-state index contributed by atoms with van der Waals surface area (Å²) in [6.07, 6.45) is 1.16. The summed E-state index contributed by atoms with van der Waals surface area (Å²) in [5.41, 5.74) is 2.12. The van der Waals surface area contributed by atoms with Crippen molar-refractivity contribution >= 4 is 46.3 Å². The van der Waals surface area contributed by atoms with Crippen LogP contribution in [-0.2, 0) is 4.79 Å². The van der Waals surface area contributed by atoms with E-state index in [0.29, 0.717) is 40.0 Å². The van der Waals surface area contributed by atoms with Gasteiger partial charge in [-0.15, -0.1) is 11.3 Å². The second kappa shape index (κ2) is 6.44. The van der Waals surface area contributed by atoms with Crippen LogP contribution in [0.4, 0.5) is 5.95 Å². The number of halogens is 2. The molecule has 1 aliphatic heterocycles. The Morgan fingerprint density at radius 2 is 1.96 bits per heavy atom. The Morgan fingerprint density at radius 3 is 2.70 bits per heavy atom. The number of anilines is 1. The number of benzene rings is 1. The predicted octanol–water partition coefficient (Wildman–Crippen LogP) is 4.46. The van der Waals surface area contributed by atoms with Gasteiger partial charge in [-0.3, -0.25) is 4.79 Å². The predicted molar refractivity (Wildman–Crippen MR) is 104 cm³/mol. The molecule has 6 nitrogen and oxygen atoms in total. The van der Waals surface area contributed by atoms with Crippen molar-refractivity contribution in [2.75, 3.05) is 5.32 Å². The van der Waals surface area contributed by atoms with E-state index >= 15 is 0 Å². The van der Waals surface area contributed by atoms with Gasteiger partial charge in [0.2, 0.25) is 5.95 Å². The SMILES string of the molecule is O=C1C[C@@H](c2cccs2)CC2=C1[C@H](c1c(Cl)cccc1Cl)n1nnnc1N2. The first-order chi connectivity index (χ1) is 13.1. The lowest BCUT2D eigenvalue weighted by Crippen LogP contribution is -2.33. The molecule has 0 unspecified atom stereocenters. The molecule has 0 fully saturated rings. The molecule has 0 saturated heterocycles. The van der Waals surface area contributed by atoms with Crippen molar-refractivity contribution in [3.63, 3.8) is 0 Å². The van der Waals surface area contributed by atoms with E-state index < -0.39 is 6.04 Å². The fraction of sp³-hybridized carbons (Fsp3) is 0.222. The number of ketones is 1. The standard InChI is InChI=1S/C18H13Cl2N5OS/c19-10-3-1-4-11(20)15(10)17-16-12(21-18-22-23-24-25(17)18)7-9(8-13(16)26)14-5-2-6-27-14/h1-6,9,17H,7-8H2,(H,21,22,24)/t9-,17-/m0/s1. The molecule has 0 spiro atoms. The Morgan fingerprint density at radius 1 is 1.15 bits per heavy atom. The zero-order valence-electron chi connectivity index (χ0n) is 13.9. The Kier molecular flexibility index (Phi) is 4.03. The van der Waals surface area contributed by atoms with E-state index in [1.165, 1.54) is 4.88 Å². The number of nitrogens with zero attached hydrogens (tertiary/aromatic N) is 4. The number of Topliss-reactive ketones (excluding diaryl/α,β-unsaturated/α-hetero) is 1. The average Bonchev–Trinajstić information content (AvgIpc) is 3.32. The minimum absolute atomic E-state index is 0.0595. The highest BCUT2D eigenvalue weighted by Crippen LogP contribution is 2.47. The number of thiophene rings is 1. The number of allylic oxidation sites excluding steroid dienone is 2. The molecular weight excluding hydrogens is 405 g/mol. The molecule has 0 saturated carbocycles. The van der Waals surface area contributed by atoms with Gasteiger partial charge in [0.05, 0.1) is 0 Å². The third kappa shape index (κ3) is 2.69. The van der Waals surface area contributed by atoms with E-state index in [4.69, 9.17) is 23.2 Å². The number of carbonyl (C=O) groups excluding carboxylic acids is 1. The highest BCUT2D eigenvalue weighted by Gasteiger charge is 2.41. The number of aromatic nitrogens is 4. The quantitative estimate of drug-likeness (QED) is 0.666. The number of nitrogens with one attached hydrogen (secondary N) is 1. The number of hydrogen-bond acceptors (Lipinski definition) is 6. The number of rotatable bonds is 2. The lowest BCUT2D eigenvalue weighted by atomic mass is 9.80. The van der Waals surface area contributed by atoms with Gasteiger partial charge in [-0.05, 0) is 40.4 Å². The van der Waals surface area contributed by atoms with Crippen molar-refractivity contribution in [3.05, 3.63) is 67.5 Å². The molecule has 1 aromatic carbocycles. The van der Waals surface area contributed by atoms with Gasteiger partial charge in [-0.1, -0.05) is 40.4 Å². The Hall–Kier alpha value is -2.22. The second-order valence-electron chi connectivity index (χ2n) is 6.55. The fourth-order valence-corrected chi connectivity index (χ4v) is 5.27. The van der Waals surface area contributed by atoms with E-state index in [-0.39, 0.29) is 11.7 Å². The summed E-state index contributed by atoms with van der Waals surface area (Å²) >= 11 is 14.6. The van der Waals surface area contributed by atoms with E-state index in [1.54, 1.807) is 34.2 Å². The maximum atomic E-state index is 13.2. The molecular formula is C18H13Cl2N5OS. The van der Waals surface area contributed by atoms with Crippen molar-refractivity contribution in [1.29, 1.82) is 0 Å². The van der Waals surface area contributed by atoms with Crippen molar-refractivity contribution in [3.8, 4) is 0 Å². The summed E-state index contributed by atoms with van der Waals surface area (Å²) in [7, 11) is 0. The summed E-state index contributed by atoms with van der Waals surface area (Å²) in [5.74, 6) is 0.687.